The number of fused-ring (bicyclic) bond motifs is 1. The van der Waals surface area contributed by atoms with Gasteiger partial charge >= 0.3 is 0 Å². The number of carbonyl (C=O) groups excluding carboxylic acids is 1. The van der Waals surface area contributed by atoms with Gasteiger partial charge in [0.2, 0.25) is 5.91 Å². The fourth-order valence-electron chi connectivity index (χ4n) is 1.92. The quantitative estimate of drug-likeness (QED) is 0.723. The molecule has 5 nitrogen and oxygen atoms in total. The molecule has 0 atom stereocenters. The van der Waals surface area contributed by atoms with Gasteiger partial charge in [-0.2, -0.15) is 10.3 Å². The predicted octanol–water partition coefficient (Wildman–Crippen LogP) is 2.69. The molecule has 1 amide bonds. The van der Waals surface area contributed by atoms with Crippen molar-refractivity contribution >= 4 is 34.1 Å². The first-order chi connectivity index (χ1) is 9.83. The number of nitrogens with one attached hydrogen (secondary N) is 2. The van der Waals surface area contributed by atoms with Crippen molar-refractivity contribution in [2.24, 2.45) is 0 Å². The van der Waals surface area contributed by atoms with Crippen molar-refractivity contribution in [3.05, 3.63) is 48.7 Å². The van der Waals surface area contributed by atoms with Gasteiger partial charge in [-0.1, -0.05) is 48.2 Å². The molecule has 0 aliphatic rings. The Bertz CT molecular complexity index is 722. The van der Waals surface area contributed by atoms with Crippen LogP contribution in [0.15, 0.2) is 53.7 Å². The number of amides is 1. The molecule has 2 N–H and O–H groups in total. The van der Waals surface area contributed by atoms with E-state index in [1.54, 1.807) is 6.20 Å². The zero-order valence-electron chi connectivity index (χ0n) is 10.5. The van der Waals surface area contributed by atoms with E-state index in [0.29, 0.717) is 10.8 Å². The van der Waals surface area contributed by atoms with E-state index in [4.69, 9.17) is 0 Å². The number of aromatic amines is 1. The minimum Gasteiger partial charge on any atom is -0.325 e. The molecule has 0 fully saturated rings. The lowest BCUT2D eigenvalue weighted by molar-refractivity contribution is -0.113. The summed E-state index contributed by atoms with van der Waals surface area (Å²) in [6, 6.07) is 13.8. The second-order valence-corrected chi connectivity index (χ2v) is 5.17. The average Bonchev–Trinajstić information content (AvgIpc) is 2.99. The van der Waals surface area contributed by atoms with Crippen LogP contribution in [-0.4, -0.2) is 27.1 Å². The number of hydrogen-bond donors (Lipinski definition) is 2. The maximum absolute atomic E-state index is 12.0. The van der Waals surface area contributed by atoms with Crippen LogP contribution in [0, 0.1) is 0 Å². The molecule has 6 heteroatoms. The third kappa shape index (κ3) is 2.80. The van der Waals surface area contributed by atoms with E-state index < -0.39 is 0 Å². The van der Waals surface area contributed by atoms with Crippen molar-refractivity contribution in [1.82, 2.24) is 15.4 Å². The molecule has 0 radical (unpaired) electrons. The summed E-state index contributed by atoms with van der Waals surface area (Å²) in [4.78, 5) is 12.0. The van der Waals surface area contributed by atoms with Crippen molar-refractivity contribution in [1.29, 1.82) is 0 Å². The Morgan fingerprint density at radius 3 is 2.90 bits per heavy atom. The Morgan fingerprint density at radius 2 is 2.05 bits per heavy atom. The fraction of sp³-hybridized carbons (Fsp3) is 0.0714. The third-order valence-electron chi connectivity index (χ3n) is 2.81. The summed E-state index contributed by atoms with van der Waals surface area (Å²) < 4.78 is 0. The number of anilines is 1. The largest absolute Gasteiger partial charge is 0.325 e. The van der Waals surface area contributed by atoms with E-state index >= 15 is 0 Å². The number of carbonyl (C=O) groups is 1. The predicted molar refractivity (Wildman–Crippen MR) is 79.7 cm³/mol. The first kappa shape index (κ1) is 12.7. The molecule has 1 heterocycles. The standard InChI is InChI=1S/C14H12N4OS/c19-13(9-20-14-8-15-18-17-14)16-12-7-3-5-10-4-1-2-6-11(10)12/h1-8H,9H2,(H,16,19)(H,15,17,18). The summed E-state index contributed by atoms with van der Waals surface area (Å²) >= 11 is 1.34. The summed E-state index contributed by atoms with van der Waals surface area (Å²) in [5.41, 5.74) is 0.828. The van der Waals surface area contributed by atoms with E-state index in [0.717, 1.165) is 16.5 Å². The van der Waals surface area contributed by atoms with Gasteiger partial charge in [-0.05, 0) is 11.5 Å². The second kappa shape index (κ2) is 5.75. The highest BCUT2D eigenvalue weighted by Gasteiger charge is 2.07. The number of aromatic nitrogens is 3. The van der Waals surface area contributed by atoms with Crippen LogP contribution in [-0.2, 0) is 4.79 Å². The Kier molecular flexibility index (Phi) is 3.64. The number of benzene rings is 2. The van der Waals surface area contributed by atoms with Crippen LogP contribution < -0.4 is 5.32 Å². The molecular formula is C14H12N4OS. The first-order valence-electron chi connectivity index (χ1n) is 6.09. The molecule has 0 unspecified atom stereocenters. The summed E-state index contributed by atoms with van der Waals surface area (Å²) in [5, 5.41) is 15.9. The van der Waals surface area contributed by atoms with Crippen LogP contribution in [0.4, 0.5) is 5.69 Å². The second-order valence-electron chi connectivity index (χ2n) is 4.17. The molecular weight excluding hydrogens is 272 g/mol. The molecule has 0 aliphatic heterocycles. The highest BCUT2D eigenvalue weighted by atomic mass is 32.2. The molecule has 100 valence electrons. The number of H-pyrrole nitrogens is 1. The molecule has 0 aliphatic carbocycles. The molecule has 1 aromatic heterocycles. The summed E-state index contributed by atoms with van der Waals surface area (Å²) in [6.07, 6.45) is 1.59. The van der Waals surface area contributed by atoms with Crippen LogP contribution in [0.3, 0.4) is 0 Å². The van der Waals surface area contributed by atoms with Gasteiger partial charge in [0.25, 0.3) is 0 Å². The zero-order chi connectivity index (χ0) is 13.8. The topological polar surface area (TPSA) is 70.7 Å². The van der Waals surface area contributed by atoms with Crippen molar-refractivity contribution in [2.45, 2.75) is 5.03 Å². The van der Waals surface area contributed by atoms with E-state index in [9.17, 15) is 4.79 Å². The van der Waals surface area contributed by atoms with E-state index in [2.05, 4.69) is 20.7 Å². The van der Waals surface area contributed by atoms with Gasteiger partial charge in [-0.15, -0.1) is 5.10 Å². The molecule has 20 heavy (non-hydrogen) atoms. The number of rotatable bonds is 4. The fourth-order valence-corrected chi connectivity index (χ4v) is 2.50. The summed E-state index contributed by atoms with van der Waals surface area (Å²) in [7, 11) is 0. The average molecular weight is 284 g/mol. The van der Waals surface area contributed by atoms with E-state index in [-0.39, 0.29) is 5.91 Å². The number of thioether (sulfide) groups is 1. The van der Waals surface area contributed by atoms with Gasteiger partial charge in [-0.25, -0.2) is 0 Å². The molecule has 3 aromatic rings. The minimum atomic E-state index is -0.0608. The summed E-state index contributed by atoms with van der Waals surface area (Å²) in [5.74, 6) is 0.241. The Hall–Kier alpha value is -2.34. The molecule has 0 saturated heterocycles. The Labute approximate surface area is 119 Å². The van der Waals surface area contributed by atoms with Gasteiger partial charge in [0.15, 0.2) is 0 Å². The van der Waals surface area contributed by atoms with Gasteiger partial charge in [-0.3, -0.25) is 4.79 Å². The highest BCUT2D eigenvalue weighted by Crippen LogP contribution is 2.23. The summed E-state index contributed by atoms with van der Waals surface area (Å²) in [6.45, 7) is 0. The molecule has 2 aromatic carbocycles. The molecule has 3 rings (SSSR count). The minimum absolute atomic E-state index is 0.0608. The SMILES string of the molecule is O=C(CSc1cn[nH]n1)Nc1cccc2ccccc12. The normalized spacial score (nSPS) is 10.6. The Morgan fingerprint density at radius 1 is 1.20 bits per heavy atom. The lowest BCUT2D eigenvalue weighted by atomic mass is 10.1. The van der Waals surface area contributed by atoms with Gasteiger partial charge in [0.1, 0.15) is 5.03 Å². The number of hydrogen-bond acceptors (Lipinski definition) is 4. The van der Waals surface area contributed by atoms with Crippen LogP contribution in [0.5, 0.6) is 0 Å². The Balaban J connectivity index is 1.71. The van der Waals surface area contributed by atoms with Gasteiger partial charge in [0.05, 0.1) is 11.9 Å². The smallest absolute Gasteiger partial charge is 0.234 e. The highest BCUT2D eigenvalue weighted by molar-refractivity contribution is 7.99. The maximum atomic E-state index is 12.0. The van der Waals surface area contributed by atoms with Gasteiger partial charge < -0.3 is 5.32 Å². The van der Waals surface area contributed by atoms with Crippen molar-refractivity contribution in [3.8, 4) is 0 Å². The lowest BCUT2D eigenvalue weighted by Gasteiger charge is -2.08. The molecule has 0 bridgehead atoms. The third-order valence-corrected chi connectivity index (χ3v) is 3.71. The number of nitrogens with zero attached hydrogens (tertiary/aromatic N) is 2. The monoisotopic (exact) mass is 284 g/mol. The van der Waals surface area contributed by atoms with E-state index in [1.165, 1.54) is 11.8 Å². The van der Waals surface area contributed by atoms with Crippen molar-refractivity contribution in [3.63, 3.8) is 0 Å². The first-order valence-corrected chi connectivity index (χ1v) is 7.08. The molecule has 0 spiro atoms. The maximum Gasteiger partial charge on any atom is 0.234 e. The van der Waals surface area contributed by atoms with Crippen LogP contribution in [0.25, 0.3) is 10.8 Å². The van der Waals surface area contributed by atoms with E-state index in [1.807, 2.05) is 42.5 Å². The van der Waals surface area contributed by atoms with Crippen LogP contribution >= 0.6 is 11.8 Å². The van der Waals surface area contributed by atoms with Crippen molar-refractivity contribution < 1.29 is 4.79 Å². The van der Waals surface area contributed by atoms with Gasteiger partial charge in [0, 0.05) is 11.1 Å². The van der Waals surface area contributed by atoms with Crippen LogP contribution in [0.2, 0.25) is 0 Å². The lowest BCUT2D eigenvalue weighted by Crippen LogP contribution is -2.14. The van der Waals surface area contributed by atoms with Crippen molar-refractivity contribution in [2.75, 3.05) is 11.1 Å². The van der Waals surface area contributed by atoms with Crippen LogP contribution in [0.1, 0.15) is 0 Å². The zero-order valence-corrected chi connectivity index (χ0v) is 11.4. The molecule has 0 saturated carbocycles.